The van der Waals surface area contributed by atoms with Crippen LogP contribution in [0.25, 0.3) is 10.9 Å². The molecule has 3 N–H and O–H groups in total. The first-order valence-electron chi connectivity index (χ1n) is 5.98. The van der Waals surface area contributed by atoms with Gasteiger partial charge in [-0.25, -0.2) is 9.37 Å². The third-order valence-electron chi connectivity index (χ3n) is 2.87. The van der Waals surface area contributed by atoms with Crippen LogP contribution in [-0.2, 0) is 0 Å². The summed E-state index contributed by atoms with van der Waals surface area (Å²) in [6.45, 7) is 0. The molecule has 2 aromatic carbocycles. The summed E-state index contributed by atoms with van der Waals surface area (Å²) in [7, 11) is 0. The van der Waals surface area contributed by atoms with E-state index in [9.17, 15) is 4.39 Å². The average Bonchev–Trinajstić information content (AvgIpc) is 2.44. The molecule has 1 aromatic heterocycles. The maximum absolute atomic E-state index is 13.4. The molecular weight excluding hydrogens is 314 g/mol. The summed E-state index contributed by atoms with van der Waals surface area (Å²) in [5, 5.41) is 3.67. The molecule has 1 heterocycles. The molecular formula is C14H9Cl2FN4. The van der Waals surface area contributed by atoms with Gasteiger partial charge in [0.2, 0.25) is 5.95 Å². The van der Waals surface area contributed by atoms with Crippen molar-refractivity contribution in [3.63, 3.8) is 0 Å². The molecule has 0 aliphatic heterocycles. The van der Waals surface area contributed by atoms with Crippen LogP contribution in [0.3, 0.4) is 0 Å². The number of rotatable bonds is 2. The lowest BCUT2D eigenvalue weighted by Gasteiger charge is -2.10. The monoisotopic (exact) mass is 322 g/mol. The van der Waals surface area contributed by atoms with Crippen LogP contribution >= 0.6 is 23.2 Å². The first-order valence-corrected chi connectivity index (χ1v) is 6.74. The fraction of sp³-hybridized carbons (Fsp3) is 0. The Hall–Kier alpha value is -2.11. The fourth-order valence-corrected chi connectivity index (χ4v) is 2.44. The molecule has 0 spiro atoms. The third kappa shape index (κ3) is 2.70. The lowest BCUT2D eigenvalue weighted by molar-refractivity contribution is 0.629. The molecule has 7 heteroatoms. The number of nitrogens with zero attached hydrogens (tertiary/aromatic N) is 2. The van der Waals surface area contributed by atoms with Crippen molar-refractivity contribution in [3.05, 3.63) is 52.3 Å². The molecule has 0 aliphatic rings. The highest BCUT2D eigenvalue weighted by molar-refractivity contribution is 6.35. The number of hydrogen-bond acceptors (Lipinski definition) is 4. The number of halogens is 3. The van der Waals surface area contributed by atoms with E-state index in [1.54, 1.807) is 0 Å². The highest BCUT2D eigenvalue weighted by Gasteiger charge is 2.10. The zero-order valence-corrected chi connectivity index (χ0v) is 12.1. The summed E-state index contributed by atoms with van der Waals surface area (Å²) in [5.41, 5.74) is 6.90. The summed E-state index contributed by atoms with van der Waals surface area (Å²) in [4.78, 5) is 8.30. The van der Waals surface area contributed by atoms with Crippen LogP contribution in [0.4, 0.5) is 21.8 Å². The topological polar surface area (TPSA) is 63.8 Å². The van der Waals surface area contributed by atoms with E-state index >= 15 is 0 Å². The molecule has 0 bridgehead atoms. The second-order valence-corrected chi connectivity index (χ2v) is 5.14. The maximum atomic E-state index is 13.4. The van der Waals surface area contributed by atoms with Gasteiger partial charge >= 0.3 is 0 Å². The molecule has 0 radical (unpaired) electrons. The van der Waals surface area contributed by atoms with Gasteiger partial charge in [0.15, 0.2) is 5.82 Å². The van der Waals surface area contributed by atoms with Gasteiger partial charge in [0.25, 0.3) is 0 Å². The Labute approximate surface area is 129 Å². The smallest absolute Gasteiger partial charge is 0.222 e. The van der Waals surface area contributed by atoms with E-state index in [0.717, 1.165) is 5.39 Å². The quantitative estimate of drug-likeness (QED) is 0.686. The zero-order valence-electron chi connectivity index (χ0n) is 10.6. The second-order valence-electron chi connectivity index (χ2n) is 4.33. The Bertz CT molecular complexity index is 815. The number of benzene rings is 2. The van der Waals surface area contributed by atoms with E-state index in [1.165, 1.54) is 12.1 Å². The van der Waals surface area contributed by atoms with Gasteiger partial charge < -0.3 is 11.1 Å². The van der Waals surface area contributed by atoms with Gasteiger partial charge in [-0.2, -0.15) is 4.98 Å². The summed E-state index contributed by atoms with van der Waals surface area (Å²) < 4.78 is 13.4. The van der Waals surface area contributed by atoms with Crippen LogP contribution < -0.4 is 11.1 Å². The summed E-state index contributed by atoms with van der Waals surface area (Å²) in [5.74, 6) is -0.0247. The van der Waals surface area contributed by atoms with Crippen molar-refractivity contribution in [2.45, 2.75) is 0 Å². The number of para-hydroxylation sites is 1. The molecule has 21 heavy (non-hydrogen) atoms. The number of nitrogens with one attached hydrogen (secondary N) is 1. The fourth-order valence-electron chi connectivity index (χ4n) is 1.95. The third-order valence-corrected chi connectivity index (χ3v) is 3.42. The van der Waals surface area contributed by atoms with Crippen LogP contribution in [-0.4, -0.2) is 9.97 Å². The van der Waals surface area contributed by atoms with Gasteiger partial charge in [-0.15, -0.1) is 0 Å². The van der Waals surface area contributed by atoms with Gasteiger partial charge in [-0.05, 0) is 24.3 Å². The molecule has 0 aliphatic carbocycles. The first-order chi connectivity index (χ1) is 10.0. The van der Waals surface area contributed by atoms with E-state index in [1.807, 2.05) is 24.3 Å². The van der Waals surface area contributed by atoms with Crippen molar-refractivity contribution in [2.75, 3.05) is 11.1 Å². The molecule has 0 fully saturated rings. The molecule has 0 atom stereocenters. The van der Waals surface area contributed by atoms with Crippen molar-refractivity contribution >= 4 is 51.6 Å². The number of fused-ring (bicyclic) bond motifs is 1. The van der Waals surface area contributed by atoms with Crippen LogP contribution in [0, 0.1) is 5.82 Å². The highest BCUT2D eigenvalue weighted by atomic mass is 35.5. The lowest BCUT2D eigenvalue weighted by atomic mass is 10.2. The maximum Gasteiger partial charge on any atom is 0.222 e. The van der Waals surface area contributed by atoms with Gasteiger partial charge in [-0.3, -0.25) is 0 Å². The standard InChI is InChI=1S/C14H9Cl2FN4/c15-9-5-7(6-10(16)12(9)17)19-13-8-3-1-2-4-11(8)20-14(18)21-13/h1-6H,(H3,18,19,20,21). The number of nitrogens with two attached hydrogens (primary N) is 1. The summed E-state index contributed by atoms with van der Waals surface area (Å²) in [6, 6.07) is 10.2. The van der Waals surface area contributed by atoms with Crippen molar-refractivity contribution in [2.24, 2.45) is 0 Å². The van der Waals surface area contributed by atoms with Crippen molar-refractivity contribution < 1.29 is 4.39 Å². The van der Waals surface area contributed by atoms with E-state index in [4.69, 9.17) is 28.9 Å². The molecule has 0 saturated heterocycles. The van der Waals surface area contributed by atoms with Gasteiger partial charge in [-0.1, -0.05) is 35.3 Å². The molecule has 106 valence electrons. The number of anilines is 3. The lowest BCUT2D eigenvalue weighted by Crippen LogP contribution is -2.01. The highest BCUT2D eigenvalue weighted by Crippen LogP contribution is 2.30. The Morgan fingerprint density at radius 3 is 2.43 bits per heavy atom. The number of hydrogen-bond donors (Lipinski definition) is 2. The molecule has 0 saturated carbocycles. The van der Waals surface area contributed by atoms with Crippen molar-refractivity contribution in [3.8, 4) is 0 Å². The van der Waals surface area contributed by atoms with E-state index in [0.29, 0.717) is 17.0 Å². The molecule has 3 aromatic rings. The van der Waals surface area contributed by atoms with Crippen LogP contribution in [0.15, 0.2) is 36.4 Å². The Morgan fingerprint density at radius 2 is 1.71 bits per heavy atom. The molecule has 3 rings (SSSR count). The van der Waals surface area contributed by atoms with Gasteiger partial charge in [0.05, 0.1) is 15.6 Å². The Kier molecular flexibility index (Phi) is 3.53. The molecule has 0 amide bonds. The summed E-state index contributed by atoms with van der Waals surface area (Å²) in [6.07, 6.45) is 0. The van der Waals surface area contributed by atoms with E-state index < -0.39 is 5.82 Å². The normalized spacial score (nSPS) is 10.8. The minimum Gasteiger partial charge on any atom is -0.368 e. The summed E-state index contributed by atoms with van der Waals surface area (Å²) >= 11 is 11.6. The van der Waals surface area contributed by atoms with E-state index in [2.05, 4.69) is 15.3 Å². The van der Waals surface area contributed by atoms with Gasteiger partial charge in [0.1, 0.15) is 5.82 Å². The van der Waals surface area contributed by atoms with Crippen molar-refractivity contribution in [1.82, 2.24) is 9.97 Å². The first kappa shape index (κ1) is 13.9. The second kappa shape index (κ2) is 5.35. The van der Waals surface area contributed by atoms with Crippen LogP contribution in [0.1, 0.15) is 0 Å². The van der Waals surface area contributed by atoms with Crippen molar-refractivity contribution in [1.29, 1.82) is 0 Å². The Morgan fingerprint density at radius 1 is 1.05 bits per heavy atom. The van der Waals surface area contributed by atoms with Crippen LogP contribution in [0.5, 0.6) is 0 Å². The SMILES string of the molecule is Nc1nc(Nc2cc(Cl)c(F)c(Cl)c2)c2ccccc2n1. The largest absolute Gasteiger partial charge is 0.368 e. The molecule has 4 nitrogen and oxygen atoms in total. The minimum atomic E-state index is -0.657. The number of nitrogen functional groups attached to an aromatic ring is 1. The predicted octanol–water partition coefficient (Wildman–Crippen LogP) is 4.40. The molecule has 0 unspecified atom stereocenters. The zero-order chi connectivity index (χ0) is 15.0. The van der Waals surface area contributed by atoms with Gasteiger partial charge in [0, 0.05) is 11.1 Å². The predicted molar refractivity (Wildman–Crippen MR) is 83.7 cm³/mol. The minimum absolute atomic E-state index is 0.0728. The Balaban J connectivity index is 2.10. The van der Waals surface area contributed by atoms with Crippen LogP contribution in [0.2, 0.25) is 10.0 Å². The average molecular weight is 323 g/mol. The number of aromatic nitrogens is 2. The van der Waals surface area contributed by atoms with E-state index in [-0.39, 0.29) is 16.0 Å².